The van der Waals surface area contributed by atoms with E-state index in [1.54, 1.807) is 22.9 Å². The molecule has 1 unspecified atom stereocenters. The second-order valence-electron chi connectivity index (χ2n) is 8.27. The molecule has 7 N–H and O–H groups in total. The van der Waals surface area contributed by atoms with Crippen LogP contribution in [-0.2, 0) is 20.4 Å². The Hall–Kier alpha value is -3.31. The molecule has 0 saturated carbocycles. The van der Waals surface area contributed by atoms with Crippen LogP contribution in [0.25, 0.3) is 28.2 Å². The molecule has 3 heterocycles. The standard InChI is InChI=1S/C23H20N6O3S.C3H9O3PS.H2O2/c30-12-11-28-20-19(26-23(28)33-14-18(31)24-16-9-5-2-6-10-16)21(32)29-13-17(25-22(29)27-20)15-7-3-1-4-8-15;1-5-7(8)6-3-2-4;1-2/h1-10,13,30H,11-12,14H2,(H,24,31)(H,25,27);4,8H,2-3H2,1H3;1-2H/p+1. The van der Waals surface area contributed by atoms with E-state index in [-0.39, 0.29) is 42.5 Å². The molecule has 230 valence electrons. The van der Waals surface area contributed by atoms with Gasteiger partial charge in [-0.3, -0.25) is 14.8 Å². The van der Waals surface area contributed by atoms with Gasteiger partial charge in [-0.1, -0.05) is 72.5 Å². The van der Waals surface area contributed by atoms with Crippen molar-refractivity contribution in [1.82, 2.24) is 23.9 Å². The van der Waals surface area contributed by atoms with Gasteiger partial charge in [0.2, 0.25) is 19.3 Å². The van der Waals surface area contributed by atoms with Crippen molar-refractivity contribution in [2.45, 2.75) is 11.7 Å². The Morgan fingerprint density at radius 2 is 1.77 bits per heavy atom. The number of imidazole rings is 2. The summed E-state index contributed by atoms with van der Waals surface area (Å²) < 4.78 is 12.5. The minimum absolute atomic E-state index is 0.0166. The predicted molar refractivity (Wildman–Crippen MR) is 170 cm³/mol. The highest BCUT2D eigenvalue weighted by molar-refractivity contribution is 8.41. The molecule has 0 bridgehead atoms. The first-order chi connectivity index (χ1) is 20.9. The largest absolute Gasteiger partial charge is 0.395 e. The Balaban J connectivity index is 0.000000441. The van der Waals surface area contributed by atoms with Crippen molar-refractivity contribution >= 4 is 60.1 Å². The summed E-state index contributed by atoms with van der Waals surface area (Å²) in [7, 11) is 0.460. The minimum Gasteiger partial charge on any atom is -0.395 e. The number of nitrogens with one attached hydrogen (secondary N) is 2. The van der Waals surface area contributed by atoms with Crippen molar-refractivity contribution in [1.29, 1.82) is 0 Å². The molecule has 1 atom stereocenters. The fourth-order valence-electron chi connectivity index (χ4n) is 3.73. The highest BCUT2D eigenvalue weighted by atomic mass is 32.7. The molecule has 2 aromatic carbocycles. The zero-order chi connectivity index (χ0) is 31.2. The Kier molecular flexibility index (Phi) is 14.1. The highest BCUT2D eigenvalue weighted by Crippen LogP contribution is 2.41. The summed E-state index contributed by atoms with van der Waals surface area (Å²) >= 11 is 5.06. The molecule has 0 spiro atoms. The first kappa shape index (κ1) is 34.2. The number of carbonyl (C=O) groups excluding carboxylic acids is 1. The van der Waals surface area contributed by atoms with Crippen molar-refractivity contribution < 1.29 is 34.6 Å². The molecular formula is C26H32N6O8PS2+. The molecule has 14 nitrogen and oxygen atoms in total. The number of para-hydroxylation sites is 1. The first-order valence-corrected chi connectivity index (χ1v) is 15.9. The third-order valence-corrected chi connectivity index (χ3v) is 8.05. The van der Waals surface area contributed by atoms with Gasteiger partial charge in [0.05, 0.1) is 31.3 Å². The number of aliphatic hydroxyl groups is 2. The van der Waals surface area contributed by atoms with E-state index in [9.17, 15) is 14.7 Å². The normalized spacial score (nSPS) is 11.4. The van der Waals surface area contributed by atoms with Crippen molar-refractivity contribution in [3.05, 3.63) is 77.2 Å². The van der Waals surface area contributed by atoms with Crippen molar-refractivity contribution in [3.8, 4) is 11.3 Å². The summed E-state index contributed by atoms with van der Waals surface area (Å²) in [6, 6.07) is 18.8. The molecule has 0 aliphatic carbocycles. The van der Waals surface area contributed by atoms with E-state index >= 15 is 0 Å². The topological polar surface area (TPSA) is 199 Å². The fraction of sp³-hybridized carbons (Fsp3) is 0.231. The number of hydrogen-bond acceptors (Lipinski definition) is 11. The van der Waals surface area contributed by atoms with E-state index in [4.69, 9.17) is 20.1 Å². The van der Waals surface area contributed by atoms with Crippen LogP contribution in [0.3, 0.4) is 0 Å². The highest BCUT2D eigenvalue weighted by Gasteiger charge is 2.19. The number of benzene rings is 2. The summed E-state index contributed by atoms with van der Waals surface area (Å²) in [5.41, 5.74) is 2.62. The lowest BCUT2D eigenvalue weighted by Gasteiger charge is -2.07. The predicted octanol–water partition coefficient (Wildman–Crippen LogP) is 2.74. The first-order valence-electron chi connectivity index (χ1n) is 12.6. The van der Waals surface area contributed by atoms with Crippen LogP contribution in [0.15, 0.2) is 76.8 Å². The van der Waals surface area contributed by atoms with E-state index in [0.717, 1.165) is 11.3 Å². The lowest BCUT2D eigenvalue weighted by atomic mass is 10.2. The lowest BCUT2D eigenvalue weighted by Crippen LogP contribution is -2.15. The summed E-state index contributed by atoms with van der Waals surface area (Å²) in [5, 5.41) is 32.0. The van der Waals surface area contributed by atoms with Crippen LogP contribution in [-0.4, -0.2) is 83.2 Å². The average molecular weight is 652 g/mol. The second-order valence-corrected chi connectivity index (χ2v) is 11.3. The maximum atomic E-state index is 13.2. The van der Waals surface area contributed by atoms with E-state index in [1.165, 1.54) is 23.3 Å². The molecule has 0 fully saturated rings. The molecule has 0 aliphatic rings. The van der Waals surface area contributed by atoms with Gasteiger partial charge in [-0.25, -0.2) is 9.38 Å². The average Bonchev–Trinajstić information content (AvgIpc) is 3.63. The molecule has 43 heavy (non-hydrogen) atoms. The number of aliphatic hydroxyl groups excluding tert-OH is 2. The van der Waals surface area contributed by atoms with Crippen LogP contribution < -0.4 is 10.9 Å². The van der Waals surface area contributed by atoms with Gasteiger partial charge in [-0.2, -0.15) is 4.98 Å². The summed E-state index contributed by atoms with van der Waals surface area (Å²) in [5.74, 6) is 0.281. The Morgan fingerprint density at radius 1 is 1.09 bits per heavy atom. The number of rotatable bonds is 11. The number of hydrogen-bond donors (Lipinski definition) is 6. The van der Waals surface area contributed by atoms with Gasteiger partial charge in [0.15, 0.2) is 16.3 Å². The van der Waals surface area contributed by atoms with Gasteiger partial charge < -0.3 is 34.1 Å². The number of H-pyrrole nitrogens is 1. The van der Waals surface area contributed by atoms with Crippen LogP contribution in [0.5, 0.6) is 0 Å². The van der Waals surface area contributed by atoms with Crippen molar-refractivity contribution in [3.63, 3.8) is 0 Å². The minimum atomic E-state index is -1.05. The van der Waals surface area contributed by atoms with Crippen molar-refractivity contribution in [2.75, 3.05) is 38.0 Å². The number of thioether (sulfide) groups is 1. The van der Waals surface area contributed by atoms with Gasteiger partial charge >= 0.3 is 0 Å². The molecule has 0 radical (unpaired) electrons. The lowest BCUT2D eigenvalue weighted by molar-refractivity contribution is -0.176. The Morgan fingerprint density at radius 3 is 2.40 bits per heavy atom. The van der Waals surface area contributed by atoms with Crippen LogP contribution in [0.1, 0.15) is 0 Å². The van der Waals surface area contributed by atoms with Crippen LogP contribution in [0.2, 0.25) is 0 Å². The monoisotopic (exact) mass is 651 g/mol. The van der Waals surface area contributed by atoms with Gasteiger partial charge in [-0.15, -0.1) is 5.26 Å². The molecule has 1 amide bonds. The number of aromatic nitrogens is 5. The van der Waals surface area contributed by atoms with Crippen LogP contribution >= 0.6 is 31.6 Å². The summed E-state index contributed by atoms with van der Waals surface area (Å²) in [6.45, 7) is 0.357. The molecule has 3 aromatic heterocycles. The summed E-state index contributed by atoms with van der Waals surface area (Å²) in [6.07, 6.45) is 1.70. The van der Waals surface area contributed by atoms with Gasteiger partial charge in [0.1, 0.15) is 0 Å². The van der Waals surface area contributed by atoms with Crippen LogP contribution in [0.4, 0.5) is 5.69 Å². The van der Waals surface area contributed by atoms with E-state index in [2.05, 4.69) is 37.0 Å². The van der Waals surface area contributed by atoms with E-state index in [1.807, 2.05) is 48.5 Å². The number of fused-ring (bicyclic) bond motifs is 2. The zero-order valence-corrected chi connectivity index (χ0v) is 25.6. The number of aromatic amines is 1. The number of thiol groups is 1. The van der Waals surface area contributed by atoms with Gasteiger partial charge in [0.25, 0.3) is 5.56 Å². The number of nitrogens with zero attached hydrogens (tertiary/aromatic N) is 4. The second kappa shape index (κ2) is 17.7. The zero-order valence-electron chi connectivity index (χ0n) is 23.0. The van der Waals surface area contributed by atoms with Gasteiger partial charge in [0, 0.05) is 25.5 Å². The van der Waals surface area contributed by atoms with E-state index in [0.29, 0.717) is 28.9 Å². The third kappa shape index (κ3) is 9.34. The number of anilines is 1. The third-order valence-electron chi connectivity index (χ3n) is 5.52. The van der Waals surface area contributed by atoms with E-state index < -0.39 is 7.58 Å². The molecule has 0 aliphatic heterocycles. The maximum Gasteiger partial charge on any atom is 0.287 e. The Labute approximate surface area is 256 Å². The van der Waals surface area contributed by atoms with Crippen LogP contribution in [0, 0.1) is 0 Å². The maximum absolute atomic E-state index is 13.2. The number of carbonyl (C=O) groups is 1. The molecule has 0 saturated heterocycles. The molecule has 5 aromatic rings. The number of amides is 1. The molecular weight excluding hydrogens is 619 g/mol. The van der Waals surface area contributed by atoms with Gasteiger partial charge in [-0.05, 0) is 17.7 Å². The quantitative estimate of drug-likeness (QED) is 0.0308. The molecule has 5 rings (SSSR count). The fourth-order valence-corrected chi connectivity index (χ4v) is 5.14. The Bertz CT molecular complexity index is 1640. The smallest absolute Gasteiger partial charge is 0.287 e. The SMILES string of the molecule is COP(S)OCCO.O=C(CSc1nc2c(=O)n3cc(-c4ccccc4)[nH]c3nc2n1CCO)Nc1ccccc1.O[OH2+]. The van der Waals surface area contributed by atoms with Crippen molar-refractivity contribution in [2.24, 2.45) is 0 Å². The summed E-state index contributed by atoms with van der Waals surface area (Å²) in [4.78, 5) is 37.8. The molecule has 17 heteroatoms.